The summed E-state index contributed by atoms with van der Waals surface area (Å²) in [5, 5.41) is 16.6. The third-order valence-electron chi connectivity index (χ3n) is 4.54. The van der Waals surface area contributed by atoms with Gasteiger partial charge in [-0.25, -0.2) is 4.39 Å². The molecule has 1 aliphatic rings. The molecule has 0 radical (unpaired) electrons. The van der Waals surface area contributed by atoms with Gasteiger partial charge in [-0.3, -0.25) is 4.99 Å². The third kappa shape index (κ3) is 9.71. The Morgan fingerprint density at radius 1 is 1.22 bits per heavy atom. The standard InChI is InChI=1S/C20H32FN3O2.HI/c1-2-22-20(23-13-6-14-26-18-7-4-3-5-8-18)24-15-19(25)16-9-11-17(21)12-10-16;/h9-12,18-19,25H,2-8,13-15H2,1H3,(H2,22,23,24);1H. The zero-order chi connectivity index (χ0) is 18.6. The number of halogens is 2. The van der Waals surface area contributed by atoms with Crippen molar-refractivity contribution >= 4 is 29.9 Å². The van der Waals surface area contributed by atoms with Crippen molar-refractivity contribution in [3.63, 3.8) is 0 Å². The molecule has 0 heterocycles. The van der Waals surface area contributed by atoms with Crippen LogP contribution in [0.1, 0.15) is 57.1 Å². The monoisotopic (exact) mass is 493 g/mol. The van der Waals surface area contributed by atoms with Gasteiger partial charge in [-0.15, -0.1) is 24.0 Å². The molecule has 27 heavy (non-hydrogen) atoms. The average molecular weight is 493 g/mol. The minimum Gasteiger partial charge on any atom is -0.386 e. The number of hydrogen-bond donors (Lipinski definition) is 3. The van der Waals surface area contributed by atoms with Crippen LogP contribution in [0.25, 0.3) is 0 Å². The first kappa shape index (κ1) is 24.1. The second-order valence-electron chi connectivity index (χ2n) is 6.70. The maximum atomic E-state index is 12.9. The summed E-state index contributed by atoms with van der Waals surface area (Å²) in [6, 6.07) is 5.85. The van der Waals surface area contributed by atoms with Gasteiger partial charge in [0.25, 0.3) is 0 Å². The number of hydrogen-bond acceptors (Lipinski definition) is 3. The van der Waals surface area contributed by atoms with Gasteiger partial charge in [0.1, 0.15) is 5.82 Å². The topological polar surface area (TPSA) is 65.9 Å². The van der Waals surface area contributed by atoms with Crippen LogP contribution in [0.2, 0.25) is 0 Å². The Labute approximate surface area is 179 Å². The van der Waals surface area contributed by atoms with Gasteiger partial charge in [-0.1, -0.05) is 31.4 Å². The number of ether oxygens (including phenoxy) is 1. The van der Waals surface area contributed by atoms with Crippen LogP contribution in [0.15, 0.2) is 29.3 Å². The molecule has 0 saturated heterocycles. The second kappa shape index (κ2) is 14.1. The highest BCUT2D eigenvalue weighted by Crippen LogP contribution is 2.20. The van der Waals surface area contributed by atoms with Crippen LogP contribution < -0.4 is 10.6 Å². The number of nitrogens with one attached hydrogen (secondary N) is 2. The lowest BCUT2D eigenvalue weighted by molar-refractivity contribution is 0.0277. The first-order chi connectivity index (χ1) is 12.7. The van der Waals surface area contributed by atoms with Crippen LogP contribution in [0.5, 0.6) is 0 Å². The van der Waals surface area contributed by atoms with E-state index < -0.39 is 6.10 Å². The molecule has 0 amide bonds. The zero-order valence-corrected chi connectivity index (χ0v) is 18.5. The minimum atomic E-state index is -0.749. The van der Waals surface area contributed by atoms with E-state index >= 15 is 0 Å². The van der Waals surface area contributed by atoms with E-state index in [9.17, 15) is 9.50 Å². The normalized spacial score (nSPS) is 16.5. The molecule has 1 aromatic rings. The molecule has 0 bridgehead atoms. The molecule has 0 spiro atoms. The van der Waals surface area contributed by atoms with E-state index in [-0.39, 0.29) is 36.3 Å². The van der Waals surface area contributed by atoms with E-state index in [1.807, 2.05) is 6.92 Å². The van der Waals surface area contributed by atoms with Crippen molar-refractivity contribution in [3.8, 4) is 0 Å². The van der Waals surface area contributed by atoms with E-state index in [1.165, 1.54) is 44.2 Å². The largest absolute Gasteiger partial charge is 0.386 e. The lowest BCUT2D eigenvalue weighted by Crippen LogP contribution is -2.38. The highest BCUT2D eigenvalue weighted by atomic mass is 127. The molecular weight excluding hydrogens is 460 g/mol. The quantitative estimate of drug-likeness (QED) is 0.212. The number of guanidine groups is 1. The SMILES string of the molecule is CCNC(=NCC(O)c1ccc(F)cc1)NCCCOC1CCCCC1.I. The number of nitrogens with zero attached hydrogens (tertiary/aromatic N) is 1. The maximum Gasteiger partial charge on any atom is 0.191 e. The van der Waals surface area contributed by atoms with Gasteiger partial charge >= 0.3 is 0 Å². The lowest BCUT2D eigenvalue weighted by atomic mass is 9.98. The van der Waals surface area contributed by atoms with Crippen LogP contribution in [-0.2, 0) is 4.74 Å². The number of aliphatic hydroxyl groups excluding tert-OH is 1. The molecule has 7 heteroatoms. The molecule has 1 atom stereocenters. The summed E-state index contributed by atoms with van der Waals surface area (Å²) in [7, 11) is 0. The first-order valence-electron chi connectivity index (χ1n) is 9.76. The van der Waals surface area contributed by atoms with Crippen LogP contribution >= 0.6 is 24.0 Å². The Bertz CT molecular complexity index is 537. The summed E-state index contributed by atoms with van der Waals surface area (Å²) >= 11 is 0. The molecule has 1 aromatic carbocycles. The van der Waals surface area contributed by atoms with Gasteiger partial charge in [-0.2, -0.15) is 0 Å². The lowest BCUT2D eigenvalue weighted by Gasteiger charge is -2.22. The Balaban J connectivity index is 0.00000364. The highest BCUT2D eigenvalue weighted by molar-refractivity contribution is 14.0. The molecule has 0 aromatic heterocycles. The fourth-order valence-corrected chi connectivity index (χ4v) is 3.07. The fraction of sp³-hybridized carbons (Fsp3) is 0.650. The number of aliphatic hydroxyl groups is 1. The summed E-state index contributed by atoms with van der Waals surface area (Å²) < 4.78 is 18.9. The average Bonchev–Trinajstić information content (AvgIpc) is 2.67. The molecule has 154 valence electrons. The van der Waals surface area contributed by atoms with Crippen molar-refractivity contribution in [1.29, 1.82) is 0 Å². The third-order valence-corrected chi connectivity index (χ3v) is 4.54. The van der Waals surface area contributed by atoms with E-state index in [0.717, 1.165) is 26.1 Å². The predicted molar refractivity (Wildman–Crippen MR) is 118 cm³/mol. The molecule has 1 aliphatic carbocycles. The fourth-order valence-electron chi connectivity index (χ4n) is 3.07. The van der Waals surface area contributed by atoms with Gasteiger partial charge in [0.05, 0.1) is 18.8 Å². The number of rotatable bonds is 9. The van der Waals surface area contributed by atoms with Gasteiger partial charge in [0.15, 0.2) is 5.96 Å². The Kier molecular flexibility index (Phi) is 12.6. The minimum absolute atomic E-state index is 0. The zero-order valence-electron chi connectivity index (χ0n) is 16.1. The molecule has 2 rings (SSSR count). The molecule has 1 unspecified atom stereocenters. The van der Waals surface area contributed by atoms with Crippen molar-refractivity contribution in [2.24, 2.45) is 4.99 Å². The van der Waals surface area contributed by atoms with Crippen molar-refractivity contribution in [1.82, 2.24) is 10.6 Å². The second-order valence-corrected chi connectivity index (χ2v) is 6.70. The van der Waals surface area contributed by atoms with Crippen molar-refractivity contribution in [2.45, 2.75) is 57.7 Å². The van der Waals surface area contributed by atoms with Gasteiger partial charge in [0.2, 0.25) is 0 Å². The highest BCUT2D eigenvalue weighted by Gasteiger charge is 2.13. The Morgan fingerprint density at radius 2 is 1.93 bits per heavy atom. The molecule has 1 saturated carbocycles. The van der Waals surface area contributed by atoms with E-state index in [0.29, 0.717) is 17.6 Å². The van der Waals surface area contributed by atoms with E-state index in [1.54, 1.807) is 12.1 Å². The van der Waals surface area contributed by atoms with Crippen LogP contribution in [0.4, 0.5) is 4.39 Å². The van der Waals surface area contributed by atoms with E-state index in [4.69, 9.17) is 4.74 Å². The number of benzene rings is 1. The Morgan fingerprint density at radius 3 is 2.59 bits per heavy atom. The predicted octanol–water partition coefficient (Wildman–Crippen LogP) is 3.77. The van der Waals surface area contributed by atoms with Gasteiger partial charge in [-0.05, 0) is 43.9 Å². The van der Waals surface area contributed by atoms with Crippen LogP contribution in [-0.4, -0.2) is 43.4 Å². The molecule has 0 aliphatic heterocycles. The number of aliphatic imine (C=N–C) groups is 1. The summed E-state index contributed by atoms with van der Waals surface area (Å²) in [5.74, 6) is 0.362. The molecule has 5 nitrogen and oxygen atoms in total. The first-order valence-corrected chi connectivity index (χ1v) is 9.76. The van der Waals surface area contributed by atoms with Crippen molar-refractivity contribution < 1.29 is 14.2 Å². The van der Waals surface area contributed by atoms with Crippen molar-refractivity contribution in [3.05, 3.63) is 35.6 Å². The summed E-state index contributed by atoms with van der Waals surface area (Å²) in [4.78, 5) is 4.41. The summed E-state index contributed by atoms with van der Waals surface area (Å²) in [6.45, 7) is 4.50. The Hall–Kier alpha value is -0.930. The maximum absolute atomic E-state index is 12.9. The van der Waals surface area contributed by atoms with E-state index in [2.05, 4.69) is 15.6 Å². The summed E-state index contributed by atoms with van der Waals surface area (Å²) in [5.41, 5.74) is 0.659. The van der Waals surface area contributed by atoms with Crippen molar-refractivity contribution in [2.75, 3.05) is 26.2 Å². The van der Waals surface area contributed by atoms with Gasteiger partial charge in [0, 0.05) is 19.7 Å². The molecule has 1 fully saturated rings. The molecule has 3 N–H and O–H groups in total. The van der Waals surface area contributed by atoms with Gasteiger partial charge < -0.3 is 20.5 Å². The van der Waals surface area contributed by atoms with Crippen LogP contribution in [0.3, 0.4) is 0 Å². The smallest absolute Gasteiger partial charge is 0.191 e. The van der Waals surface area contributed by atoms with Crippen LogP contribution in [0, 0.1) is 5.82 Å². The summed E-state index contributed by atoms with van der Waals surface area (Å²) in [6.07, 6.45) is 6.91. The molecular formula is C20H33FIN3O2.